The fourth-order valence-corrected chi connectivity index (χ4v) is 6.71. The highest BCUT2D eigenvalue weighted by Gasteiger charge is 2.58. The zero-order valence-electron chi connectivity index (χ0n) is 22.8. The van der Waals surface area contributed by atoms with E-state index in [1.165, 1.54) is 0 Å². The zero-order valence-corrected chi connectivity index (χ0v) is 22.8. The van der Waals surface area contributed by atoms with Crippen molar-refractivity contribution < 1.29 is 27.2 Å². The maximum Gasteiger partial charge on any atom is 0.419 e. The summed E-state index contributed by atoms with van der Waals surface area (Å²) >= 11 is 0. The third-order valence-electron chi connectivity index (χ3n) is 9.07. The minimum atomic E-state index is -4.88. The fourth-order valence-electron chi connectivity index (χ4n) is 6.71. The summed E-state index contributed by atoms with van der Waals surface area (Å²) in [5.41, 5.74) is 0.203. The molecule has 0 spiro atoms. The average Bonchev–Trinajstić information content (AvgIpc) is 3.71. The van der Waals surface area contributed by atoms with E-state index < -0.39 is 23.6 Å². The van der Waals surface area contributed by atoms with Gasteiger partial charge >= 0.3 is 18.2 Å². The SMILES string of the molecule is CNC(=O)N1CCC(CN(C(=O)Nc2ccc(F)c(C(F)(F)F)c2)[C@@H]2CC[C@]3(c4cccc(C#N)c4)CC3C2)CC1. The number of hydrogen-bond acceptors (Lipinski definition) is 3. The van der Waals surface area contributed by atoms with Gasteiger partial charge in [0.15, 0.2) is 0 Å². The highest BCUT2D eigenvalue weighted by atomic mass is 19.4. The highest BCUT2D eigenvalue weighted by molar-refractivity contribution is 5.89. The van der Waals surface area contributed by atoms with Crippen molar-refractivity contribution in [3.63, 3.8) is 0 Å². The maximum absolute atomic E-state index is 13.9. The molecule has 5 rings (SSSR count). The van der Waals surface area contributed by atoms with Gasteiger partial charge in [-0.3, -0.25) is 0 Å². The van der Waals surface area contributed by atoms with E-state index in [0.717, 1.165) is 37.3 Å². The van der Waals surface area contributed by atoms with Crippen molar-refractivity contribution in [1.29, 1.82) is 5.26 Å². The summed E-state index contributed by atoms with van der Waals surface area (Å²) in [4.78, 5) is 29.1. The van der Waals surface area contributed by atoms with Gasteiger partial charge in [-0.25, -0.2) is 14.0 Å². The molecule has 0 radical (unpaired) electrons. The molecular weight excluding hydrogens is 538 g/mol. The normalized spacial score (nSPS) is 24.1. The standard InChI is InChI=1S/C30H33F4N5O2/c1-36-27(40)38-11-8-19(9-12-38)18-39(28(41)37-23-5-6-26(31)25(15-23)30(32,33)34)24-7-10-29(16-22(29)14-24)21-4-2-3-20(13-21)17-35/h2-6,13,15,19,22,24H,7-12,14,16,18H2,1H3,(H,36,40)(H,37,41)/t22?,24-,29-/m1/s1. The smallest absolute Gasteiger partial charge is 0.341 e. The Hall–Kier alpha value is -3.81. The fraction of sp³-hybridized carbons (Fsp3) is 0.500. The lowest BCUT2D eigenvalue weighted by Gasteiger charge is -2.40. The van der Waals surface area contributed by atoms with E-state index in [1.807, 2.05) is 12.1 Å². The topological polar surface area (TPSA) is 88.5 Å². The first kappa shape index (κ1) is 28.7. The van der Waals surface area contributed by atoms with Crippen molar-refractivity contribution >= 4 is 17.7 Å². The van der Waals surface area contributed by atoms with Crippen LogP contribution in [0.4, 0.5) is 32.8 Å². The van der Waals surface area contributed by atoms with Gasteiger partial charge in [-0.15, -0.1) is 0 Å². The largest absolute Gasteiger partial charge is 0.419 e. The second-order valence-corrected chi connectivity index (χ2v) is 11.4. The number of rotatable bonds is 5. The van der Waals surface area contributed by atoms with Crippen molar-refractivity contribution in [3.8, 4) is 6.07 Å². The number of likely N-dealkylation sites (tertiary alicyclic amines) is 1. The minimum Gasteiger partial charge on any atom is -0.341 e. The molecule has 2 saturated carbocycles. The molecule has 1 saturated heterocycles. The molecule has 1 heterocycles. The van der Waals surface area contributed by atoms with Crippen LogP contribution in [0.25, 0.3) is 0 Å². The number of alkyl halides is 3. The molecule has 1 aliphatic heterocycles. The Bertz CT molecular complexity index is 1350. The van der Waals surface area contributed by atoms with Gasteiger partial charge in [0, 0.05) is 38.4 Å². The monoisotopic (exact) mass is 571 g/mol. The van der Waals surface area contributed by atoms with Crippen LogP contribution in [-0.2, 0) is 11.6 Å². The second kappa shape index (κ2) is 11.2. The van der Waals surface area contributed by atoms with Gasteiger partial charge in [-0.05, 0) is 91.7 Å². The molecule has 4 amide bonds. The van der Waals surface area contributed by atoms with Crippen LogP contribution in [0.15, 0.2) is 42.5 Å². The number of carbonyl (C=O) groups is 2. The van der Waals surface area contributed by atoms with Crippen LogP contribution in [0.3, 0.4) is 0 Å². The first-order valence-electron chi connectivity index (χ1n) is 14.0. The molecule has 2 aromatic rings. The van der Waals surface area contributed by atoms with E-state index >= 15 is 0 Å². The first-order chi connectivity index (χ1) is 19.5. The number of fused-ring (bicyclic) bond motifs is 1. The number of hydrogen-bond donors (Lipinski definition) is 2. The van der Waals surface area contributed by atoms with E-state index in [1.54, 1.807) is 22.9 Å². The Labute approximate surface area is 236 Å². The number of piperidine rings is 1. The number of amides is 4. The van der Waals surface area contributed by atoms with E-state index in [0.29, 0.717) is 56.1 Å². The Morgan fingerprint density at radius 2 is 1.90 bits per heavy atom. The van der Waals surface area contributed by atoms with Gasteiger partial charge in [-0.1, -0.05) is 12.1 Å². The summed E-state index contributed by atoms with van der Waals surface area (Å²) in [5, 5.41) is 14.6. The number of nitriles is 1. The van der Waals surface area contributed by atoms with Crippen molar-refractivity contribution in [2.45, 2.75) is 56.2 Å². The molecule has 3 aliphatic rings. The third kappa shape index (κ3) is 5.97. The number of nitrogens with zero attached hydrogens (tertiary/aromatic N) is 3. The number of urea groups is 2. The number of carbonyl (C=O) groups excluding carboxylic acids is 2. The number of anilines is 1. The molecule has 41 heavy (non-hydrogen) atoms. The zero-order chi connectivity index (χ0) is 29.4. The summed E-state index contributed by atoms with van der Waals surface area (Å²) in [5.74, 6) is -0.935. The summed E-state index contributed by atoms with van der Waals surface area (Å²) in [6, 6.07) is 11.6. The minimum absolute atomic E-state index is 0.0110. The third-order valence-corrected chi connectivity index (χ3v) is 9.07. The van der Waals surface area contributed by atoms with Gasteiger partial charge in [0.25, 0.3) is 0 Å². The van der Waals surface area contributed by atoms with Crippen LogP contribution in [0, 0.1) is 29.0 Å². The highest BCUT2D eigenvalue weighted by Crippen LogP contribution is 2.63. The molecule has 3 atom stereocenters. The lowest BCUT2D eigenvalue weighted by Crippen LogP contribution is -2.50. The quantitative estimate of drug-likeness (QED) is 0.425. The van der Waals surface area contributed by atoms with Gasteiger partial charge in [0.1, 0.15) is 5.82 Å². The molecule has 3 fully saturated rings. The molecule has 2 N–H and O–H groups in total. The Morgan fingerprint density at radius 1 is 1.15 bits per heavy atom. The second-order valence-electron chi connectivity index (χ2n) is 11.4. The van der Waals surface area contributed by atoms with Crippen molar-refractivity contribution in [2.75, 3.05) is 32.0 Å². The molecule has 2 aliphatic carbocycles. The van der Waals surface area contributed by atoms with Gasteiger partial charge < -0.3 is 20.4 Å². The average molecular weight is 572 g/mol. The molecule has 0 aromatic heterocycles. The van der Waals surface area contributed by atoms with Crippen molar-refractivity contribution in [1.82, 2.24) is 15.1 Å². The molecular formula is C30H33F4N5O2. The molecule has 218 valence electrons. The maximum atomic E-state index is 13.9. The predicted molar refractivity (Wildman–Crippen MR) is 144 cm³/mol. The molecule has 0 bridgehead atoms. The lowest BCUT2D eigenvalue weighted by atomic mass is 9.79. The Balaban J connectivity index is 1.33. The van der Waals surface area contributed by atoms with Crippen LogP contribution in [0.1, 0.15) is 55.2 Å². The number of benzene rings is 2. The summed E-state index contributed by atoms with van der Waals surface area (Å²) < 4.78 is 53.7. The van der Waals surface area contributed by atoms with Crippen LogP contribution >= 0.6 is 0 Å². The van der Waals surface area contributed by atoms with E-state index in [4.69, 9.17) is 0 Å². The Kier molecular flexibility index (Phi) is 7.86. The summed E-state index contributed by atoms with van der Waals surface area (Å²) in [6.45, 7) is 1.52. The number of halogens is 4. The van der Waals surface area contributed by atoms with Gasteiger partial charge in [-0.2, -0.15) is 18.4 Å². The Morgan fingerprint density at radius 3 is 2.56 bits per heavy atom. The van der Waals surface area contributed by atoms with Crippen LogP contribution < -0.4 is 10.6 Å². The van der Waals surface area contributed by atoms with Gasteiger partial charge in [0.05, 0.1) is 17.2 Å². The van der Waals surface area contributed by atoms with Crippen molar-refractivity contribution in [3.05, 3.63) is 65.0 Å². The van der Waals surface area contributed by atoms with E-state index in [9.17, 15) is 32.4 Å². The van der Waals surface area contributed by atoms with Crippen LogP contribution in [0.2, 0.25) is 0 Å². The predicted octanol–water partition coefficient (Wildman–Crippen LogP) is 6.11. The molecule has 2 aromatic carbocycles. The number of nitrogens with one attached hydrogen (secondary N) is 2. The molecule has 7 nitrogen and oxygen atoms in total. The summed E-state index contributed by atoms with van der Waals surface area (Å²) in [6.07, 6.45) is -0.214. The van der Waals surface area contributed by atoms with E-state index in [-0.39, 0.29) is 29.1 Å². The lowest BCUT2D eigenvalue weighted by molar-refractivity contribution is -0.139. The van der Waals surface area contributed by atoms with E-state index in [2.05, 4.69) is 22.8 Å². The van der Waals surface area contributed by atoms with Crippen LogP contribution in [0.5, 0.6) is 0 Å². The van der Waals surface area contributed by atoms with Crippen LogP contribution in [-0.4, -0.2) is 54.6 Å². The molecule has 11 heteroatoms. The first-order valence-corrected chi connectivity index (χ1v) is 14.0. The summed E-state index contributed by atoms with van der Waals surface area (Å²) in [7, 11) is 1.58. The van der Waals surface area contributed by atoms with Crippen molar-refractivity contribution in [2.24, 2.45) is 11.8 Å². The molecule has 1 unspecified atom stereocenters. The van der Waals surface area contributed by atoms with Gasteiger partial charge in [0.2, 0.25) is 0 Å².